The number of hydrogen-bond donors (Lipinski definition) is 1. The number of carbonyl (C=O) groups is 1. The fourth-order valence-corrected chi connectivity index (χ4v) is 5.69. The molecule has 2 aromatic carbocycles. The predicted molar refractivity (Wildman–Crippen MR) is 120 cm³/mol. The summed E-state index contributed by atoms with van der Waals surface area (Å²) in [7, 11) is -3.66. The summed E-state index contributed by atoms with van der Waals surface area (Å²) < 4.78 is 33.1. The van der Waals surface area contributed by atoms with E-state index < -0.39 is 10.0 Å². The number of morpholine rings is 1. The van der Waals surface area contributed by atoms with Gasteiger partial charge in [0.15, 0.2) is 0 Å². The van der Waals surface area contributed by atoms with Gasteiger partial charge in [0.25, 0.3) is 5.91 Å². The zero-order chi connectivity index (χ0) is 21.6. The standard InChI is InChI=1S/C23H23N3O4S/c1-2-26-22-8-7-17(31(28,29)25-9-11-30-12-10-25)14-19(22)20(23(26)27)13-16-15-24-21-6-4-3-5-18(16)21/h3-8,13-15,24H,2,9-12H2,1H3/b20-13-. The van der Waals surface area contributed by atoms with Crippen molar-refractivity contribution in [2.75, 3.05) is 37.7 Å². The fraction of sp³-hybridized carbons (Fsp3) is 0.261. The summed E-state index contributed by atoms with van der Waals surface area (Å²) in [6.07, 6.45) is 3.72. The molecule has 0 aliphatic carbocycles. The highest BCUT2D eigenvalue weighted by atomic mass is 32.2. The molecule has 0 spiro atoms. The van der Waals surface area contributed by atoms with E-state index in [1.165, 1.54) is 4.31 Å². The molecule has 0 unspecified atom stereocenters. The van der Waals surface area contributed by atoms with Gasteiger partial charge in [-0.2, -0.15) is 4.31 Å². The summed E-state index contributed by atoms with van der Waals surface area (Å²) in [5.74, 6) is -0.122. The normalized spacial score (nSPS) is 18.8. The molecule has 31 heavy (non-hydrogen) atoms. The third-order valence-electron chi connectivity index (χ3n) is 5.87. The number of rotatable bonds is 4. The minimum atomic E-state index is -3.66. The van der Waals surface area contributed by atoms with Crippen molar-refractivity contribution < 1.29 is 17.9 Å². The zero-order valence-electron chi connectivity index (χ0n) is 17.2. The summed E-state index contributed by atoms with van der Waals surface area (Å²) in [6, 6.07) is 12.8. The van der Waals surface area contributed by atoms with Gasteiger partial charge in [-0.3, -0.25) is 4.79 Å². The quantitative estimate of drug-likeness (QED) is 0.636. The molecule has 1 aromatic heterocycles. The Hall–Kier alpha value is -2.94. The Morgan fingerprint density at radius 3 is 2.68 bits per heavy atom. The number of nitrogens with one attached hydrogen (secondary N) is 1. The Kier molecular flexibility index (Phi) is 4.92. The highest BCUT2D eigenvalue weighted by Gasteiger charge is 2.34. The van der Waals surface area contributed by atoms with Crippen LogP contribution >= 0.6 is 0 Å². The van der Waals surface area contributed by atoms with Gasteiger partial charge in [0.1, 0.15) is 0 Å². The van der Waals surface area contributed by atoms with E-state index in [0.29, 0.717) is 44.0 Å². The van der Waals surface area contributed by atoms with Crippen molar-refractivity contribution in [3.8, 4) is 0 Å². The molecule has 1 fully saturated rings. The number of fused-ring (bicyclic) bond motifs is 2. The Morgan fingerprint density at radius 2 is 1.90 bits per heavy atom. The molecule has 8 heteroatoms. The third-order valence-corrected chi connectivity index (χ3v) is 7.76. The predicted octanol–water partition coefficient (Wildman–Crippen LogP) is 3.10. The van der Waals surface area contributed by atoms with Crippen molar-refractivity contribution in [2.24, 2.45) is 0 Å². The molecule has 3 heterocycles. The molecule has 1 saturated heterocycles. The average Bonchev–Trinajstić information content (AvgIpc) is 3.33. The van der Waals surface area contributed by atoms with Crippen molar-refractivity contribution in [1.82, 2.24) is 9.29 Å². The number of anilines is 1. The summed E-state index contributed by atoms with van der Waals surface area (Å²) in [6.45, 7) is 3.85. The fourth-order valence-electron chi connectivity index (χ4n) is 4.26. The average molecular weight is 438 g/mol. The van der Waals surface area contributed by atoms with Crippen molar-refractivity contribution >= 4 is 44.2 Å². The molecular weight excluding hydrogens is 414 g/mol. The number of ether oxygens (including phenoxy) is 1. The van der Waals surface area contributed by atoms with Crippen molar-refractivity contribution in [3.63, 3.8) is 0 Å². The van der Waals surface area contributed by atoms with Gasteiger partial charge in [-0.1, -0.05) is 18.2 Å². The Balaban J connectivity index is 1.63. The number of hydrogen-bond acceptors (Lipinski definition) is 4. The van der Waals surface area contributed by atoms with Gasteiger partial charge in [-0.25, -0.2) is 8.42 Å². The molecule has 1 amide bonds. The maximum Gasteiger partial charge on any atom is 0.258 e. The second kappa shape index (κ2) is 7.64. The van der Waals surface area contributed by atoms with Crippen LogP contribution in [0, 0.1) is 0 Å². The topological polar surface area (TPSA) is 82.7 Å². The molecule has 5 rings (SSSR count). The lowest BCUT2D eigenvalue weighted by molar-refractivity contribution is -0.112. The lowest BCUT2D eigenvalue weighted by Gasteiger charge is -2.26. The minimum absolute atomic E-state index is 0.122. The number of amides is 1. The molecule has 3 aromatic rings. The van der Waals surface area contributed by atoms with E-state index in [4.69, 9.17) is 4.74 Å². The number of H-pyrrole nitrogens is 1. The van der Waals surface area contributed by atoms with Gasteiger partial charge < -0.3 is 14.6 Å². The summed E-state index contributed by atoms with van der Waals surface area (Å²) >= 11 is 0. The van der Waals surface area contributed by atoms with E-state index in [1.807, 2.05) is 43.5 Å². The van der Waals surface area contributed by atoms with Crippen molar-refractivity contribution in [2.45, 2.75) is 11.8 Å². The lowest BCUT2D eigenvalue weighted by atomic mass is 10.0. The maximum absolute atomic E-state index is 13.2. The number of sulfonamides is 1. The highest BCUT2D eigenvalue weighted by molar-refractivity contribution is 7.89. The molecule has 0 atom stereocenters. The van der Waals surface area contributed by atoms with Crippen LogP contribution in [0.25, 0.3) is 22.6 Å². The van der Waals surface area contributed by atoms with E-state index in [0.717, 1.165) is 22.2 Å². The number of para-hydroxylation sites is 1. The largest absolute Gasteiger partial charge is 0.379 e. The number of benzene rings is 2. The molecule has 2 aliphatic heterocycles. The number of nitrogens with zero attached hydrogens (tertiary/aromatic N) is 2. The first-order chi connectivity index (χ1) is 15.0. The Bertz CT molecular complexity index is 1300. The second-order valence-corrected chi connectivity index (χ2v) is 9.53. The van der Waals surface area contributed by atoms with Crippen LogP contribution in [0.4, 0.5) is 5.69 Å². The number of aromatic nitrogens is 1. The second-order valence-electron chi connectivity index (χ2n) is 7.59. The van der Waals surface area contributed by atoms with Crippen LogP contribution in [-0.2, 0) is 19.6 Å². The third kappa shape index (κ3) is 3.27. The first kappa shape index (κ1) is 20.0. The van der Waals surface area contributed by atoms with Gasteiger partial charge in [0.2, 0.25) is 10.0 Å². The van der Waals surface area contributed by atoms with Crippen LogP contribution < -0.4 is 4.90 Å². The zero-order valence-corrected chi connectivity index (χ0v) is 18.0. The molecule has 2 aliphatic rings. The first-order valence-electron chi connectivity index (χ1n) is 10.3. The minimum Gasteiger partial charge on any atom is -0.379 e. The van der Waals surface area contributed by atoms with Crippen LogP contribution in [0.3, 0.4) is 0 Å². The van der Waals surface area contributed by atoms with Crippen LogP contribution in [0.5, 0.6) is 0 Å². The molecule has 160 valence electrons. The van der Waals surface area contributed by atoms with Crippen molar-refractivity contribution in [3.05, 3.63) is 59.8 Å². The highest BCUT2D eigenvalue weighted by Crippen LogP contribution is 2.40. The Labute approximate surface area is 181 Å². The van der Waals surface area contributed by atoms with Crippen LogP contribution in [0.1, 0.15) is 18.1 Å². The van der Waals surface area contributed by atoms with E-state index in [9.17, 15) is 13.2 Å². The molecule has 0 radical (unpaired) electrons. The maximum atomic E-state index is 13.2. The van der Waals surface area contributed by atoms with E-state index in [1.54, 1.807) is 23.1 Å². The smallest absolute Gasteiger partial charge is 0.258 e. The van der Waals surface area contributed by atoms with Crippen LogP contribution in [0.15, 0.2) is 53.6 Å². The molecule has 7 nitrogen and oxygen atoms in total. The lowest BCUT2D eigenvalue weighted by Crippen LogP contribution is -2.40. The summed E-state index contributed by atoms with van der Waals surface area (Å²) in [5, 5.41) is 1.01. The summed E-state index contributed by atoms with van der Waals surface area (Å²) in [5.41, 5.74) is 3.76. The van der Waals surface area contributed by atoms with Crippen LogP contribution in [0.2, 0.25) is 0 Å². The number of likely N-dealkylation sites (N-methyl/N-ethyl adjacent to an activating group) is 1. The van der Waals surface area contributed by atoms with E-state index in [-0.39, 0.29) is 10.8 Å². The van der Waals surface area contributed by atoms with Crippen molar-refractivity contribution in [1.29, 1.82) is 0 Å². The van der Waals surface area contributed by atoms with Gasteiger partial charge >= 0.3 is 0 Å². The van der Waals surface area contributed by atoms with Gasteiger partial charge in [-0.05, 0) is 37.3 Å². The molecular formula is C23H23N3O4S. The SMILES string of the molecule is CCN1C(=O)/C(=C\c2c[nH]c3ccccc23)c2cc(S(=O)(=O)N3CCOCC3)ccc21. The summed E-state index contributed by atoms with van der Waals surface area (Å²) in [4.78, 5) is 18.3. The Morgan fingerprint density at radius 1 is 1.13 bits per heavy atom. The van der Waals surface area contributed by atoms with Crippen LogP contribution in [-0.4, -0.2) is 56.5 Å². The first-order valence-corrected chi connectivity index (χ1v) is 11.8. The monoisotopic (exact) mass is 437 g/mol. The van der Waals surface area contributed by atoms with Gasteiger partial charge in [0, 0.05) is 53.4 Å². The number of carbonyl (C=O) groups excluding carboxylic acids is 1. The van der Waals surface area contributed by atoms with Gasteiger partial charge in [-0.15, -0.1) is 0 Å². The van der Waals surface area contributed by atoms with E-state index >= 15 is 0 Å². The molecule has 0 saturated carbocycles. The number of aromatic amines is 1. The molecule has 1 N–H and O–H groups in total. The van der Waals surface area contributed by atoms with E-state index in [2.05, 4.69) is 4.98 Å². The van der Waals surface area contributed by atoms with Gasteiger partial charge in [0.05, 0.1) is 23.8 Å². The molecule has 0 bridgehead atoms.